The summed E-state index contributed by atoms with van der Waals surface area (Å²) in [6.07, 6.45) is 4.84. The van der Waals surface area contributed by atoms with Gasteiger partial charge in [0.1, 0.15) is 5.75 Å². The highest BCUT2D eigenvalue weighted by molar-refractivity contribution is 5.88. The molecule has 25 heavy (non-hydrogen) atoms. The van der Waals surface area contributed by atoms with Gasteiger partial charge in [0.2, 0.25) is 5.91 Å². The number of nitrogens with zero attached hydrogens (tertiary/aromatic N) is 1. The number of carbonyl (C=O) groups excluding carboxylic acids is 1. The van der Waals surface area contributed by atoms with E-state index in [-0.39, 0.29) is 11.5 Å². The maximum atomic E-state index is 12.2. The zero-order chi connectivity index (χ0) is 18.1. The van der Waals surface area contributed by atoms with Crippen LogP contribution in [0, 0.1) is 0 Å². The molecule has 0 saturated heterocycles. The molecule has 0 aromatic heterocycles. The van der Waals surface area contributed by atoms with Crippen LogP contribution in [0.3, 0.4) is 0 Å². The number of carboxylic acids is 1. The van der Waals surface area contributed by atoms with Crippen molar-refractivity contribution in [3.63, 3.8) is 0 Å². The topological polar surface area (TPSA) is 78.9 Å². The third-order valence-electron chi connectivity index (χ3n) is 4.30. The summed E-state index contributed by atoms with van der Waals surface area (Å²) in [6.45, 7) is 5.11. The lowest BCUT2D eigenvalue weighted by atomic mass is 10.1. The Hall–Kier alpha value is -2.08. The molecule has 0 atom stereocenters. The van der Waals surface area contributed by atoms with Crippen LogP contribution in [0.2, 0.25) is 0 Å². The molecule has 2 rings (SSSR count). The van der Waals surface area contributed by atoms with Gasteiger partial charge >= 0.3 is 5.97 Å². The largest absolute Gasteiger partial charge is 0.493 e. The molecule has 6 heteroatoms. The Morgan fingerprint density at radius 3 is 2.88 bits per heavy atom. The molecule has 138 valence electrons. The highest BCUT2D eigenvalue weighted by atomic mass is 16.5. The molecule has 0 unspecified atom stereocenters. The van der Waals surface area contributed by atoms with Gasteiger partial charge in [-0.1, -0.05) is 19.4 Å². The van der Waals surface area contributed by atoms with E-state index >= 15 is 0 Å². The van der Waals surface area contributed by atoms with Gasteiger partial charge in [0.25, 0.3) is 0 Å². The maximum Gasteiger partial charge on any atom is 0.335 e. The van der Waals surface area contributed by atoms with Crippen LogP contribution in [-0.2, 0) is 11.3 Å². The predicted octanol–water partition coefficient (Wildman–Crippen LogP) is 2.67. The summed E-state index contributed by atoms with van der Waals surface area (Å²) >= 11 is 0. The van der Waals surface area contributed by atoms with Crippen LogP contribution < -0.4 is 10.1 Å². The second-order valence-corrected chi connectivity index (χ2v) is 6.45. The number of rotatable bonds is 4. The number of unbranched alkanes of at least 4 members (excludes halogenated alkanes) is 1. The average Bonchev–Trinajstić information content (AvgIpc) is 2.60. The zero-order valence-electron chi connectivity index (χ0n) is 14.9. The minimum atomic E-state index is -0.962. The molecular weight excluding hydrogens is 320 g/mol. The normalized spacial score (nSPS) is 17.2. The van der Waals surface area contributed by atoms with Gasteiger partial charge in [-0.25, -0.2) is 4.79 Å². The van der Waals surface area contributed by atoms with Crippen LogP contribution in [-0.4, -0.2) is 48.1 Å². The van der Waals surface area contributed by atoms with E-state index < -0.39 is 5.97 Å². The monoisotopic (exact) mass is 348 g/mol. The Balaban J connectivity index is 2.23. The second kappa shape index (κ2) is 10.0. The molecule has 6 nitrogen and oxygen atoms in total. The molecule has 0 fully saturated rings. The Morgan fingerprint density at radius 1 is 1.28 bits per heavy atom. The van der Waals surface area contributed by atoms with E-state index in [0.29, 0.717) is 32.0 Å². The van der Waals surface area contributed by atoms with Crippen molar-refractivity contribution in [3.8, 4) is 5.75 Å². The molecule has 1 amide bonds. The first kappa shape index (κ1) is 19.2. The maximum absolute atomic E-state index is 12.2. The van der Waals surface area contributed by atoms with Crippen LogP contribution in [0.15, 0.2) is 18.2 Å². The third kappa shape index (κ3) is 6.38. The van der Waals surface area contributed by atoms with E-state index in [0.717, 1.165) is 44.2 Å². The van der Waals surface area contributed by atoms with Gasteiger partial charge in [0, 0.05) is 18.7 Å². The van der Waals surface area contributed by atoms with Crippen molar-refractivity contribution in [2.45, 2.75) is 45.6 Å². The number of nitrogens with one attached hydrogen (secondary N) is 1. The van der Waals surface area contributed by atoms with Crippen LogP contribution in [0.25, 0.3) is 0 Å². The summed E-state index contributed by atoms with van der Waals surface area (Å²) in [7, 11) is 0. The van der Waals surface area contributed by atoms with Crippen molar-refractivity contribution in [1.82, 2.24) is 10.2 Å². The summed E-state index contributed by atoms with van der Waals surface area (Å²) in [5, 5.41) is 12.2. The second-order valence-electron chi connectivity index (χ2n) is 6.45. The van der Waals surface area contributed by atoms with E-state index in [4.69, 9.17) is 4.74 Å². The summed E-state index contributed by atoms with van der Waals surface area (Å²) in [5.74, 6) is -0.308. The van der Waals surface area contributed by atoms with Crippen LogP contribution in [0.4, 0.5) is 0 Å². The first-order valence-electron chi connectivity index (χ1n) is 9.08. The number of carbonyl (C=O) groups is 2. The van der Waals surface area contributed by atoms with E-state index in [1.807, 2.05) is 0 Å². The summed E-state index contributed by atoms with van der Waals surface area (Å²) in [4.78, 5) is 25.5. The first-order chi connectivity index (χ1) is 12.1. The number of ether oxygens (including phenoxy) is 1. The molecule has 1 aliphatic heterocycles. The Morgan fingerprint density at radius 2 is 2.12 bits per heavy atom. The Bertz CT molecular complexity index is 589. The van der Waals surface area contributed by atoms with Gasteiger partial charge in [-0.15, -0.1) is 0 Å². The average molecular weight is 348 g/mol. The molecule has 0 spiro atoms. The van der Waals surface area contributed by atoms with Crippen molar-refractivity contribution < 1.29 is 19.4 Å². The fourth-order valence-electron chi connectivity index (χ4n) is 2.86. The molecule has 1 aromatic rings. The van der Waals surface area contributed by atoms with Gasteiger partial charge in [0.05, 0.1) is 18.7 Å². The number of carboxylic acid groups (broad SMARTS) is 1. The van der Waals surface area contributed by atoms with Gasteiger partial charge in [-0.05, 0) is 44.4 Å². The van der Waals surface area contributed by atoms with Crippen LogP contribution >= 0.6 is 0 Å². The van der Waals surface area contributed by atoms with Crippen LogP contribution in [0.5, 0.6) is 5.75 Å². The molecular formula is C19H28N2O4. The molecule has 2 N–H and O–H groups in total. The Labute approximate surface area is 149 Å². The number of amides is 1. The minimum Gasteiger partial charge on any atom is -0.493 e. The molecule has 0 radical (unpaired) electrons. The molecule has 0 saturated carbocycles. The Kier molecular flexibility index (Phi) is 7.73. The molecule has 1 aliphatic rings. The summed E-state index contributed by atoms with van der Waals surface area (Å²) in [5.41, 5.74) is 1.15. The smallest absolute Gasteiger partial charge is 0.335 e. The number of hydrogen-bond donors (Lipinski definition) is 2. The lowest BCUT2D eigenvalue weighted by molar-refractivity contribution is -0.122. The highest BCUT2D eigenvalue weighted by Gasteiger charge is 2.16. The van der Waals surface area contributed by atoms with Crippen molar-refractivity contribution in [1.29, 1.82) is 0 Å². The van der Waals surface area contributed by atoms with E-state index in [9.17, 15) is 14.7 Å². The third-order valence-corrected chi connectivity index (χ3v) is 4.30. The molecule has 0 bridgehead atoms. The van der Waals surface area contributed by atoms with Gasteiger partial charge in [-0.3, -0.25) is 9.69 Å². The van der Waals surface area contributed by atoms with E-state index in [2.05, 4.69) is 17.1 Å². The molecule has 0 aliphatic carbocycles. The zero-order valence-corrected chi connectivity index (χ0v) is 14.9. The standard InChI is InChI=1S/C19H28N2O4/c1-2-3-10-21-13-16-8-7-15(19(23)24)12-17(16)25-11-6-4-5-9-20-18(22)14-21/h7-8,12H,2-6,9-11,13-14H2,1H3,(H,20,22)(H,23,24). The van der Waals surface area contributed by atoms with E-state index in [1.54, 1.807) is 18.2 Å². The van der Waals surface area contributed by atoms with Gasteiger partial charge in [0.15, 0.2) is 0 Å². The van der Waals surface area contributed by atoms with Gasteiger partial charge in [-0.2, -0.15) is 0 Å². The number of fused-ring (bicyclic) bond motifs is 1. The summed E-state index contributed by atoms with van der Waals surface area (Å²) < 4.78 is 5.88. The predicted molar refractivity (Wildman–Crippen MR) is 95.9 cm³/mol. The lowest BCUT2D eigenvalue weighted by Crippen LogP contribution is -2.37. The first-order valence-corrected chi connectivity index (χ1v) is 9.08. The fourth-order valence-corrected chi connectivity index (χ4v) is 2.86. The van der Waals surface area contributed by atoms with Gasteiger partial charge < -0.3 is 15.2 Å². The summed E-state index contributed by atoms with van der Waals surface area (Å²) in [6, 6.07) is 4.99. The molecule has 1 aromatic carbocycles. The quantitative estimate of drug-likeness (QED) is 0.874. The van der Waals surface area contributed by atoms with Crippen molar-refractivity contribution >= 4 is 11.9 Å². The number of benzene rings is 1. The van der Waals surface area contributed by atoms with Crippen molar-refractivity contribution in [2.24, 2.45) is 0 Å². The van der Waals surface area contributed by atoms with Crippen molar-refractivity contribution in [2.75, 3.05) is 26.2 Å². The van der Waals surface area contributed by atoms with E-state index in [1.165, 1.54) is 0 Å². The number of hydrogen-bond acceptors (Lipinski definition) is 4. The lowest BCUT2D eigenvalue weighted by Gasteiger charge is -2.23. The fraction of sp³-hybridized carbons (Fsp3) is 0.579. The SMILES string of the molecule is CCCCN1CC(=O)NCCCCCOc2cc(C(=O)O)ccc2C1. The highest BCUT2D eigenvalue weighted by Crippen LogP contribution is 2.23. The minimum absolute atomic E-state index is 0.0416. The molecule has 1 heterocycles. The van der Waals surface area contributed by atoms with Crippen LogP contribution in [0.1, 0.15) is 54.9 Å². The van der Waals surface area contributed by atoms with Crippen molar-refractivity contribution in [3.05, 3.63) is 29.3 Å². The number of aromatic carboxylic acids is 1.